The zero-order chi connectivity index (χ0) is 13.7. The SMILES string of the molecule is O=C(c1ccccc1)c1ccc(COS(=O)[O-])cc1.[Na+]. The van der Waals surface area contributed by atoms with Crippen LogP contribution in [0, 0.1) is 0 Å². The number of carbonyl (C=O) groups is 1. The molecule has 0 aliphatic rings. The summed E-state index contributed by atoms with van der Waals surface area (Å²) in [7, 11) is 0. The van der Waals surface area contributed by atoms with E-state index in [1.807, 2.05) is 6.07 Å². The van der Waals surface area contributed by atoms with E-state index in [-0.39, 0.29) is 41.9 Å². The first-order valence-corrected chi connectivity index (χ1v) is 6.58. The van der Waals surface area contributed by atoms with Gasteiger partial charge in [0, 0.05) is 11.1 Å². The second kappa shape index (κ2) is 8.46. The third-order valence-corrected chi connectivity index (χ3v) is 2.88. The van der Waals surface area contributed by atoms with Gasteiger partial charge in [0.05, 0.1) is 18.0 Å². The molecule has 1 unspecified atom stereocenters. The molecule has 0 bridgehead atoms. The average molecular weight is 298 g/mol. The van der Waals surface area contributed by atoms with Crippen LogP contribution in [0.1, 0.15) is 21.5 Å². The number of ketones is 1. The molecule has 1 atom stereocenters. The van der Waals surface area contributed by atoms with Gasteiger partial charge in [-0.1, -0.05) is 54.6 Å². The monoisotopic (exact) mass is 298 g/mol. The first-order valence-electron chi connectivity index (χ1n) is 5.58. The Hall–Kier alpha value is -0.820. The maximum absolute atomic E-state index is 12.1. The second-order valence-electron chi connectivity index (χ2n) is 3.86. The van der Waals surface area contributed by atoms with E-state index in [1.54, 1.807) is 48.5 Å². The van der Waals surface area contributed by atoms with E-state index in [2.05, 4.69) is 4.18 Å². The molecule has 4 nitrogen and oxygen atoms in total. The van der Waals surface area contributed by atoms with Gasteiger partial charge < -0.3 is 4.55 Å². The van der Waals surface area contributed by atoms with Crippen LogP contribution in [-0.2, 0) is 22.2 Å². The summed E-state index contributed by atoms with van der Waals surface area (Å²) in [5.41, 5.74) is 1.86. The fraction of sp³-hybridized carbons (Fsp3) is 0.0714. The number of hydrogen-bond donors (Lipinski definition) is 0. The molecule has 0 aromatic heterocycles. The summed E-state index contributed by atoms with van der Waals surface area (Å²) in [6.45, 7) is -0.0318. The Morgan fingerprint density at radius 2 is 1.55 bits per heavy atom. The molecular weight excluding hydrogens is 287 g/mol. The van der Waals surface area contributed by atoms with E-state index in [9.17, 15) is 13.6 Å². The van der Waals surface area contributed by atoms with Crippen LogP contribution in [0.2, 0.25) is 0 Å². The Kier molecular flexibility index (Phi) is 7.29. The van der Waals surface area contributed by atoms with Gasteiger partial charge in [-0.15, -0.1) is 0 Å². The van der Waals surface area contributed by atoms with Crippen LogP contribution in [0.3, 0.4) is 0 Å². The molecule has 0 fully saturated rings. The van der Waals surface area contributed by atoms with Crippen molar-refractivity contribution in [3.8, 4) is 0 Å². The quantitative estimate of drug-likeness (QED) is 0.413. The van der Waals surface area contributed by atoms with Gasteiger partial charge in [0.2, 0.25) is 0 Å². The molecule has 0 aliphatic carbocycles. The second-order valence-corrected chi connectivity index (χ2v) is 4.50. The predicted octanol–water partition coefficient (Wildman–Crippen LogP) is -0.768. The molecule has 98 valence electrons. The minimum Gasteiger partial charge on any atom is -0.750 e. The Morgan fingerprint density at radius 1 is 1.00 bits per heavy atom. The van der Waals surface area contributed by atoms with Crippen molar-refractivity contribution in [2.75, 3.05) is 0 Å². The summed E-state index contributed by atoms with van der Waals surface area (Å²) >= 11 is -2.53. The minimum absolute atomic E-state index is 0. The van der Waals surface area contributed by atoms with Crippen molar-refractivity contribution in [3.63, 3.8) is 0 Å². The van der Waals surface area contributed by atoms with Crippen LogP contribution in [0.25, 0.3) is 0 Å². The van der Waals surface area contributed by atoms with E-state index >= 15 is 0 Å². The van der Waals surface area contributed by atoms with Gasteiger partial charge in [0.25, 0.3) is 0 Å². The molecule has 2 aromatic rings. The summed E-state index contributed by atoms with van der Waals surface area (Å²) in [6, 6.07) is 15.6. The third-order valence-electron chi connectivity index (χ3n) is 2.57. The van der Waals surface area contributed by atoms with Crippen LogP contribution >= 0.6 is 0 Å². The van der Waals surface area contributed by atoms with Crippen molar-refractivity contribution >= 4 is 17.1 Å². The van der Waals surface area contributed by atoms with Crippen LogP contribution < -0.4 is 29.6 Å². The maximum Gasteiger partial charge on any atom is 1.00 e. The van der Waals surface area contributed by atoms with Gasteiger partial charge in [-0.05, 0) is 5.56 Å². The molecule has 2 aromatic carbocycles. The topological polar surface area (TPSA) is 66.4 Å². The van der Waals surface area contributed by atoms with Crippen molar-refractivity contribution in [1.29, 1.82) is 0 Å². The smallest absolute Gasteiger partial charge is 0.750 e. The van der Waals surface area contributed by atoms with Gasteiger partial charge in [0.15, 0.2) is 5.78 Å². The molecule has 0 saturated heterocycles. The summed E-state index contributed by atoms with van der Waals surface area (Å²) < 4.78 is 25.0. The standard InChI is InChI=1S/C14H12O4S.Na/c15-14(12-4-2-1-3-5-12)13-8-6-11(7-9-13)10-18-19(16)17;/h1-9H,10H2,(H,16,17);/q;+1/p-1. The summed E-state index contributed by atoms with van der Waals surface area (Å²) in [6.07, 6.45) is 0. The van der Waals surface area contributed by atoms with Crippen LogP contribution in [0.4, 0.5) is 0 Å². The van der Waals surface area contributed by atoms with Gasteiger partial charge in [-0.3, -0.25) is 8.98 Å². The first-order chi connectivity index (χ1) is 9.16. The van der Waals surface area contributed by atoms with Crippen molar-refractivity contribution < 1.29 is 47.3 Å². The molecule has 0 N–H and O–H groups in total. The fourth-order valence-corrected chi connectivity index (χ4v) is 1.86. The maximum atomic E-state index is 12.1. The molecule has 0 radical (unpaired) electrons. The molecular formula is C14H11NaO4S. The van der Waals surface area contributed by atoms with Gasteiger partial charge in [-0.25, -0.2) is 4.21 Å². The summed E-state index contributed by atoms with van der Waals surface area (Å²) in [5.74, 6) is -0.0690. The molecule has 0 amide bonds. The predicted molar refractivity (Wildman–Crippen MR) is 70.0 cm³/mol. The number of benzene rings is 2. The fourth-order valence-electron chi connectivity index (χ4n) is 1.62. The zero-order valence-electron chi connectivity index (χ0n) is 10.9. The molecule has 2 rings (SSSR count). The van der Waals surface area contributed by atoms with Crippen molar-refractivity contribution in [2.24, 2.45) is 0 Å². The van der Waals surface area contributed by atoms with Crippen LogP contribution in [0.15, 0.2) is 54.6 Å². The summed E-state index contributed by atoms with van der Waals surface area (Å²) in [5, 5.41) is 0. The summed E-state index contributed by atoms with van der Waals surface area (Å²) in [4.78, 5) is 12.1. The number of carbonyl (C=O) groups excluding carboxylic acids is 1. The number of rotatable bonds is 5. The molecule has 0 spiro atoms. The van der Waals surface area contributed by atoms with Gasteiger partial charge in [-0.2, -0.15) is 0 Å². The molecule has 0 aliphatic heterocycles. The zero-order valence-corrected chi connectivity index (χ0v) is 13.8. The van der Waals surface area contributed by atoms with Crippen LogP contribution in [0.5, 0.6) is 0 Å². The minimum atomic E-state index is -2.53. The average Bonchev–Trinajstić information content (AvgIpc) is 2.46. The Bertz CT molecular complexity index is 584. The van der Waals surface area contributed by atoms with E-state index in [0.29, 0.717) is 16.7 Å². The Morgan fingerprint density at radius 3 is 2.10 bits per heavy atom. The first kappa shape index (κ1) is 17.2. The van der Waals surface area contributed by atoms with E-state index in [1.165, 1.54) is 0 Å². The van der Waals surface area contributed by atoms with Crippen molar-refractivity contribution in [3.05, 3.63) is 71.3 Å². The Balaban J connectivity index is 0.00000200. The Labute approximate surface area is 141 Å². The van der Waals surface area contributed by atoms with E-state index in [0.717, 1.165) is 0 Å². The van der Waals surface area contributed by atoms with Crippen LogP contribution in [-0.4, -0.2) is 14.5 Å². The largest absolute Gasteiger partial charge is 1.00 e. The van der Waals surface area contributed by atoms with Gasteiger partial charge >= 0.3 is 29.6 Å². The van der Waals surface area contributed by atoms with Gasteiger partial charge in [0.1, 0.15) is 0 Å². The molecule has 0 heterocycles. The van der Waals surface area contributed by atoms with E-state index < -0.39 is 11.4 Å². The molecule has 6 heteroatoms. The van der Waals surface area contributed by atoms with Crippen molar-refractivity contribution in [1.82, 2.24) is 0 Å². The molecule has 20 heavy (non-hydrogen) atoms. The van der Waals surface area contributed by atoms with E-state index in [4.69, 9.17) is 0 Å². The van der Waals surface area contributed by atoms with Crippen molar-refractivity contribution in [2.45, 2.75) is 6.61 Å². The normalized spacial score (nSPS) is 11.4. The molecule has 0 saturated carbocycles. The number of hydrogen-bond acceptors (Lipinski definition) is 4. The third kappa shape index (κ3) is 4.94.